The number of hydrogen-bond acceptors (Lipinski definition) is 3. The van der Waals surface area contributed by atoms with Crippen LogP contribution in [0.25, 0.3) is 5.69 Å². The molecule has 2 aromatic carbocycles. The van der Waals surface area contributed by atoms with Gasteiger partial charge in [0.1, 0.15) is 5.75 Å². The Bertz CT molecular complexity index is 934. The van der Waals surface area contributed by atoms with Gasteiger partial charge >= 0.3 is 0 Å². The number of amides is 1. The third-order valence-corrected chi connectivity index (χ3v) is 5.43. The van der Waals surface area contributed by atoms with Crippen LogP contribution in [0.1, 0.15) is 43.4 Å². The molecule has 0 aliphatic carbocycles. The van der Waals surface area contributed by atoms with Crippen LogP contribution in [-0.4, -0.2) is 33.7 Å². The molecule has 5 nitrogen and oxygen atoms in total. The van der Waals surface area contributed by atoms with Crippen molar-refractivity contribution in [3.63, 3.8) is 0 Å². The first kappa shape index (κ1) is 19.2. The van der Waals surface area contributed by atoms with Crippen LogP contribution in [0.3, 0.4) is 0 Å². The van der Waals surface area contributed by atoms with Crippen LogP contribution in [0.2, 0.25) is 0 Å². The molecule has 1 aromatic heterocycles. The standard InChI is InChI=1S/C24H27N3O2/c1-2-29-22-13-11-20(12-14-22)23-9-6-16-26(23)24(28)15-10-19-17-25-27(18-19)21-7-4-3-5-8-21/h3-5,7-8,11-14,17-18,23H,2,6,9-10,15-16H2,1H3. The van der Waals surface area contributed by atoms with Gasteiger partial charge in [-0.2, -0.15) is 5.10 Å². The number of aryl methyl sites for hydroxylation is 1. The van der Waals surface area contributed by atoms with E-state index in [2.05, 4.69) is 17.2 Å². The Morgan fingerprint density at radius 1 is 1.14 bits per heavy atom. The average molecular weight is 389 g/mol. The number of carbonyl (C=O) groups excluding carboxylic acids is 1. The Kier molecular flexibility index (Phi) is 5.94. The number of carbonyl (C=O) groups is 1. The molecule has 0 spiro atoms. The summed E-state index contributed by atoms with van der Waals surface area (Å²) in [6.45, 7) is 3.48. The van der Waals surface area contributed by atoms with Crippen molar-refractivity contribution in [3.05, 3.63) is 78.1 Å². The smallest absolute Gasteiger partial charge is 0.223 e. The van der Waals surface area contributed by atoms with Gasteiger partial charge in [-0.1, -0.05) is 30.3 Å². The molecule has 29 heavy (non-hydrogen) atoms. The van der Waals surface area contributed by atoms with Crippen LogP contribution in [-0.2, 0) is 11.2 Å². The lowest BCUT2D eigenvalue weighted by Crippen LogP contribution is -2.30. The van der Waals surface area contributed by atoms with Crippen LogP contribution in [0.4, 0.5) is 0 Å². The quantitative estimate of drug-likeness (QED) is 0.595. The molecular formula is C24H27N3O2. The zero-order valence-corrected chi connectivity index (χ0v) is 16.8. The minimum Gasteiger partial charge on any atom is -0.494 e. The van der Waals surface area contributed by atoms with Crippen molar-refractivity contribution in [1.82, 2.24) is 14.7 Å². The first-order chi connectivity index (χ1) is 14.2. The maximum absolute atomic E-state index is 12.9. The zero-order chi connectivity index (χ0) is 20.1. The minimum absolute atomic E-state index is 0.171. The van der Waals surface area contributed by atoms with Gasteiger partial charge in [0.2, 0.25) is 5.91 Å². The number of para-hydroxylation sites is 1. The van der Waals surface area contributed by atoms with Crippen molar-refractivity contribution in [2.24, 2.45) is 0 Å². The van der Waals surface area contributed by atoms with E-state index in [4.69, 9.17) is 4.74 Å². The summed E-state index contributed by atoms with van der Waals surface area (Å²) in [5.74, 6) is 1.09. The molecule has 1 aliphatic rings. The van der Waals surface area contributed by atoms with Gasteiger partial charge in [-0.25, -0.2) is 4.68 Å². The fourth-order valence-corrected chi connectivity index (χ4v) is 3.97. The lowest BCUT2D eigenvalue weighted by atomic mass is 10.0. The molecule has 150 valence electrons. The maximum Gasteiger partial charge on any atom is 0.223 e. The molecule has 0 saturated carbocycles. The molecule has 1 atom stereocenters. The SMILES string of the molecule is CCOc1ccc(C2CCCN2C(=O)CCc2cnn(-c3ccccc3)c2)cc1. The number of nitrogens with zero attached hydrogens (tertiary/aromatic N) is 3. The summed E-state index contributed by atoms with van der Waals surface area (Å²) in [6.07, 6.45) is 7.15. The average Bonchev–Trinajstić information content (AvgIpc) is 3.43. The van der Waals surface area contributed by atoms with Gasteiger partial charge in [0.15, 0.2) is 0 Å². The third-order valence-electron chi connectivity index (χ3n) is 5.43. The lowest BCUT2D eigenvalue weighted by molar-refractivity contribution is -0.132. The first-order valence-electron chi connectivity index (χ1n) is 10.4. The van der Waals surface area contributed by atoms with Crippen LogP contribution in [0.5, 0.6) is 5.75 Å². The van der Waals surface area contributed by atoms with E-state index in [0.717, 1.165) is 36.4 Å². The van der Waals surface area contributed by atoms with Crippen molar-refractivity contribution in [2.45, 2.75) is 38.6 Å². The summed E-state index contributed by atoms with van der Waals surface area (Å²) < 4.78 is 7.39. The molecule has 0 bridgehead atoms. The summed E-state index contributed by atoms with van der Waals surface area (Å²) in [4.78, 5) is 15.0. The highest BCUT2D eigenvalue weighted by Crippen LogP contribution is 2.33. The van der Waals surface area contributed by atoms with Gasteiger partial charge in [0.25, 0.3) is 0 Å². The number of rotatable bonds is 7. The highest BCUT2D eigenvalue weighted by atomic mass is 16.5. The monoisotopic (exact) mass is 389 g/mol. The summed E-state index contributed by atoms with van der Waals surface area (Å²) in [5, 5.41) is 4.43. The van der Waals surface area contributed by atoms with Crippen molar-refractivity contribution < 1.29 is 9.53 Å². The number of likely N-dealkylation sites (tertiary alicyclic amines) is 1. The Balaban J connectivity index is 1.37. The molecule has 1 aliphatic heterocycles. The van der Waals surface area contributed by atoms with Gasteiger partial charge in [-0.15, -0.1) is 0 Å². The zero-order valence-electron chi connectivity index (χ0n) is 16.8. The van der Waals surface area contributed by atoms with Crippen molar-refractivity contribution in [1.29, 1.82) is 0 Å². The summed E-state index contributed by atoms with van der Waals surface area (Å²) in [5.41, 5.74) is 3.30. The second-order valence-electron chi connectivity index (χ2n) is 7.38. The largest absolute Gasteiger partial charge is 0.494 e. The van der Waals surface area contributed by atoms with E-state index in [1.807, 2.05) is 71.4 Å². The molecule has 1 unspecified atom stereocenters. The molecule has 0 N–H and O–H groups in total. The van der Waals surface area contributed by atoms with E-state index in [9.17, 15) is 4.79 Å². The highest BCUT2D eigenvalue weighted by Gasteiger charge is 2.29. The fourth-order valence-electron chi connectivity index (χ4n) is 3.97. The normalized spacial score (nSPS) is 16.2. The number of aromatic nitrogens is 2. The van der Waals surface area contributed by atoms with E-state index in [-0.39, 0.29) is 11.9 Å². The summed E-state index contributed by atoms with van der Waals surface area (Å²) in [7, 11) is 0. The lowest BCUT2D eigenvalue weighted by Gasteiger charge is -2.25. The van der Waals surface area contributed by atoms with E-state index < -0.39 is 0 Å². The van der Waals surface area contributed by atoms with Crippen molar-refractivity contribution in [2.75, 3.05) is 13.2 Å². The predicted octanol–water partition coefficient (Wildman–Crippen LogP) is 4.57. The molecule has 2 heterocycles. The van der Waals surface area contributed by atoms with E-state index in [1.54, 1.807) is 0 Å². The Labute approximate surface area is 171 Å². The summed E-state index contributed by atoms with van der Waals surface area (Å²) in [6, 6.07) is 18.4. The van der Waals surface area contributed by atoms with E-state index >= 15 is 0 Å². The van der Waals surface area contributed by atoms with Crippen LogP contribution >= 0.6 is 0 Å². The Morgan fingerprint density at radius 3 is 2.69 bits per heavy atom. The van der Waals surface area contributed by atoms with Gasteiger partial charge in [0.05, 0.1) is 24.5 Å². The number of ether oxygens (including phenoxy) is 1. The topological polar surface area (TPSA) is 47.4 Å². The van der Waals surface area contributed by atoms with E-state index in [0.29, 0.717) is 19.4 Å². The second-order valence-corrected chi connectivity index (χ2v) is 7.38. The molecule has 0 radical (unpaired) electrons. The Hall–Kier alpha value is -3.08. The molecular weight excluding hydrogens is 362 g/mol. The van der Waals surface area contributed by atoms with Gasteiger partial charge in [-0.05, 0) is 61.6 Å². The fraction of sp³-hybridized carbons (Fsp3) is 0.333. The number of hydrogen-bond donors (Lipinski definition) is 0. The first-order valence-corrected chi connectivity index (χ1v) is 10.4. The summed E-state index contributed by atoms with van der Waals surface area (Å²) >= 11 is 0. The third kappa shape index (κ3) is 4.50. The molecule has 1 amide bonds. The second kappa shape index (κ2) is 8.95. The van der Waals surface area contributed by atoms with Crippen molar-refractivity contribution >= 4 is 5.91 Å². The van der Waals surface area contributed by atoms with Gasteiger partial charge in [-0.3, -0.25) is 4.79 Å². The molecule has 1 fully saturated rings. The highest BCUT2D eigenvalue weighted by molar-refractivity contribution is 5.77. The van der Waals surface area contributed by atoms with E-state index in [1.165, 1.54) is 5.56 Å². The van der Waals surface area contributed by atoms with Crippen LogP contribution < -0.4 is 4.74 Å². The van der Waals surface area contributed by atoms with Crippen LogP contribution in [0, 0.1) is 0 Å². The predicted molar refractivity (Wildman–Crippen MR) is 113 cm³/mol. The maximum atomic E-state index is 12.9. The van der Waals surface area contributed by atoms with Crippen molar-refractivity contribution in [3.8, 4) is 11.4 Å². The number of benzene rings is 2. The van der Waals surface area contributed by atoms with Gasteiger partial charge < -0.3 is 9.64 Å². The van der Waals surface area contributed by atoms with Gasteiger partial charge in [0, 0.05) is 19.2 Å². The molecule has 1 saturated heterocycles. The molecule has 5 heteroatoms. The Morgan fingerprint density at radius 2 is 1.93 bits per heavy atom. The molecule has 4 rings (SSSR count). The molecule has 3 aromatic rings. The van der Waals surface area contributed by atoms with Crippen LogP contribution in [0.15, 0.2) is 67.0 Å². The minimum atomic E-state index is 0.171.